The number of nitrogens with zero attached hydrogens (tertiary/aromatic N) is 8. The normalized spacial score (nSPS) is 12.2. The lowest BCUT2D eigenvalue weighted by atomic mass is 10.1. The highest BCUT2D eigenvalue weighted by Gasteiger charge is 2.34. The highest BCUT2D eigenvalue weighted by molar-refractivity contribution is 7.45. The number of rotatable bonds is 37. The summed E-state index contributed by atoms with van der Waals surface area (Å²) >= 11 is 3.33. The molecule has 2 aromatic carbocycles. The van der Waals surface area contributed by atoms with Crippen molar-refractivity contribution in [1.29, 1.82) is 4.78 Å². The first-order valence-corrected chi connectivity index (χ1v) is 34.4. The monoisotopic (exact) mass is 1580 g/mol. The van der Waals surface area contributed by atoms with Crippen molar-refractivity contribution < 1.29 is 93.6 Å². The summed E-state index contributed by atoms with van der Waals surface area (Å²) in [6, 6.07) is 9.51. The van der Waals surface area contributed by atoms with Gasteiger partial charge in [-0.2, -0.15) is 15.0 Å². The van der Waals surface area contributed by atoms with Crippen LogP contribution in [-0.4, -0.2) is 215 Å². The number of fused-ring (bicyclic) bond motifs is 2. The molecule has 2 aliphatic heterocycles. The average molecular weight is 1580 g/mol. The van der Waals surface area contributed by atoms with Gasteiger partial charge in [-0.05, 0) is 100 Å². The number of hydrogen-bond acceptors (Lipinski definition) is 35. The summed E-state index contributed by atoms with van der Waals surface area (Å²) < 4.78 is 32.2. The van der Waals surface area contributed by atoms with Gasteiger partial charge in [-0.1, -0.05) is 26.7 Å². The number of amides is 6. The van der Waals surface area contributed by atoms with Gasteiger partial charge in [-0.3, -0.25) is 58.3 Å². The van der Waals surface area contributed by atoms with E-state index in [0.29, 0.717) is 54.1 Å². The number of terminal acetylenes is 1. The number of imide groups is 2. The third kappa shape index (κ3) is 40.4. The first-order chi connectivity index (χ1) is 53.2. The summed E-state index contributed by atoms with van der Waals surface area (Å²) in [4.78, 5) is 171. The zero-order valence-corrected chi connectivity index (χ0v) is 62.3. The number of carboxylic acids is 3. The number of nitrogen functional groups attached to an aromatic ring is 2. The fraction of sp³-hybridized carbons (Fsp3) is 0.463. The van der Waals surface area contributed by atoms with Gasteiger partial charge in [0.1, 0.15) is 13.5 Å². The van der Waals surface area contributed by atoms with Gasteiger partial charge in [0.2, 0.25) is 11.9 Å². The van der Waals surface area contributed by atoms with E-state index in [0.717, 1.165) is 65.3 Å². The van der Waals surface area contributed by atoms with Crippen molar-refractivity contribution in [3.63, 3.8) is 0 Å². The van der Waals surface area contributed by atoms with E-state index in [1.807, 2.05) is 0 Å². The van der Waals surface area contributed by atoms with Crippen LogP contribution in [0.25, 0.3) is 22.3 Å². The topological polar surface area (TPSA) is 710 Å². The average Bonchev–Trinajstić information content (AvgIpc) is 0.909. The first-order valence-electron chi connectivity index (χ1n) is 34.5. The molecule has 2 aliphatic rings. The Morgan fingerprint density at radius 2 is 0.919 bits per heavy atom. The molecule has 4 aromatic heterocycles. The maximum Gasteiger partial charge on any atom is 0.333 e. The molecule has 26 N–H and O–H groups in total. The van der Waals surface area contributed by atoms with Crippen molar-refractivity contribution in [3.8, 4) is 12.8 Å². The summed E-state index contributed by atoms with van der Waals surface area (Å²) in [5.41, 5.74) is 32.6. The van der Waals surface area contributed by atoms with Gasteiger partial charge in [0.15, 0.2) is 22.3 Å². The van der Waals surface area contributed by atoms with Crippen molar-refractivity contribution in [2.45, 2.75) is 129 Å². The zero-order chi connectivity index (χ0) is 83.1. The fourth-order valence-electron chi connectivity index (χ4n) is 8.38. The highest BCUT2D eigenvalue weighted by Crippen LogP contribution is 2.17. The molecule has 43 nitrogen and oxygen atoms in total. The van der Waals surface area contributed by atoms with Crippen LogP contribution in [0.3, 0.4) is 0 Å². The molecule has 6 amide bonds. The maximum atomic E-state index is 12.6. The molecule has 6 heterocycles. The van der Waals surface area contributed by atoms with Gasteiger partial charge in [0.25, 0.3) is 46.6 Å². The quantitative estimate of drug-likeness (QED) is 0.00845. The molecule has 2 unspecified atom stereocenters. The number of hydrogen-bond donors (Lipinski definition) is 18. The van der Waals surface area contributed by atoms with Crippen LogP contribution >= 0.6 is 0 Å². The van der Waals surface area contributed by atoms with Crippen LogP contribution in [0.2, 0.25) is 0 Å². The third-order valence-corrected chi connectivity index (χ3v) is 13.9. The second kappa shape index (κ2) is 58.4. The van der Waals surface area contributed by atoms with E-state index in [9.17, 15) is 62.6 Å². The second-order valence-corrected chi connectivity index (χ2v) is 22.4. The lowest BCUT2D eigenvalue weighted by Crippen LogP contribution is -2.41. The molecule has 6 aromatic rings. The number of carboxylic acid groups (broad SMARTS) is 3. The largest absolute Gasteiger partial charge is 0.481 e. The van der Waals surface area contributed by atoms with E-state index in [1.165, 1.54) is 55.9 Å². The molecule has 111 heavy (non-hydrogen) atoms. The lowest BCUT2D eigenvalue weighted by Gasteiger charge is -2.16. The summed E-state index contributed by atoms with van der Waals surface area (Å²) in [5.74, 6) is -8.59. The molecule has 44 heteroatoms. The predicted octanol–water partition coefficient (Wildman–Crippen LogP) is 0.863. The SMILES string of the molecule is CCCCOCCOCCCC.N.N=S.NCCCOCCOCCCN.NCN.Nc1nc2ncc(CNc3ccc(C(=O)NC(CCC(=O)O)C(=O)O)cc3)nc2c(=O)[nH]1.Nc1nc2ncc(CNc3ccc(C(=O)NC(CCC(=O)ON4C(=O)CCC4=O)C(=O)O)cc3)nc2c(=O)[nH]1.O=C1CCC(=O)N1O.[2H]C#C. The van der Waals surface area contributed by atoms with Gasteiger partial charge in [-0.25, -0.2) is 39.1 Å². The van der Waals surface area contributed by atoms with Gasteiger partial charge in [-0.15, -0.1) is 17.9 Å². The second-order valence-electron chi connectivity index (χ2n) is 22.4. The summed E-state index contributed by atoms with van der Waals surface area (Å²) in [6.07, 6.45) is 14.0. The number of hydroxylamine groups is 4. The van der Waals surface area contributed by atoms with Crippen LogP contribution in [-0.2, 0) is 87.7 Å². The maximum absolute atomic E-state index is 12.6. The Bertz CT molecular complexity index is 3980. The van der Waals surface area contributed by atoms with E-state index in [1.54, 1.807) is 24.3 Å². The Morgan fingerprint density at radius 3 is 1.23 bits per heavy atom. The number of nitrogens with two attached hydrogens (primary N) is 6. The Hall–Kier alpha value is -11.6. The van der Waals surface area contributed by atoms with Crippen LogP contribution in [0, 0.1) is 17.6 Å². The van der Waals surface area contributed by atoms with Crippen molar-refractivity contribution in [3.05, 3.63) is 104 Å². The number of carbonyl (C=O) groups is 10. The number of aromatic amines is 2. The van der Waals surface area contributed by atoms with Crippen molar-refractivity contribution >= 4 is 117 Å². The van der Waals surface area contributed by atoms with Gasteiger partial charge < -0.3 is 101 Å². The number of unbranched alkanes of at least 4 members (excludes halogenated alkanes) is 2. The Labute approximate surface area is 643 Å². The van der Waals surface area contributed by atoms with Crippen LogP contribution in [0.1, 0.15) is 137 Å². The minimum absolute atomic E-state index is 0. The molecule has 2 fully saturated rings. The summed E-state index contributed by atoms with van der Waals surface area (Å²) in [6.45, 7) is 12.4. The Kier molecular flexibility index (Phi) is 51.2. The third-order valence-electron chi connectivity index (χ3n) is 13.9. The van der Waals surface area contributed by atoms with E-state index in [4.69, 9.17) is 68.3 Å². The van der Waals surface area contributed by atoms with Crippen molar-refractivity contribution in [2.75, 3.05) is 94.7 Å². The fourth-order valence-corrected chi connectivity index (χ4v) is 8.38. The van der Waals surface area contributed by atoms with Crippen LogP contribution in [0.4, 0.5) is 23.3 Å². The van der Waals surface area contributed by atoms with Crippen molar-refractivity contribution in [1.82, 2.24) is 66.8 Å². The van der Waals surface area contributed by atoms with Gasteiger partial charge >= 0.3 is 23.9 Å². The standard InChI is InChI=1S/C23H22N8O8.C19H19N7O6.C10H22O2.C8H20N2O2.C4H5NO3.C2H2.CH6N2.HNS.H3N/c24-23-29-19-18(21(36)30-23)27-13(10-26-19)9-25-12-3-1-11(2-4-12)20(35)28-14(22(37)38)5-8-17(34)39-31-15(32)6-7-16(31)33;20-19-25-15-14(17(30)26-19)23-11(8-22-15)7-21-10-3-1-9(2-4-10)16(29)24-12(18(31)32)5-6-13(27)28;1-3-5-7-11-9-10-12-8-6-4-2;9-3-1-5-11-7-8-12-6-2-4-10;6-3-1-2-4(7)5(3)8;1-2;2-1-3;1-2;/h1-4,10,14,25H,5-9H2,(H,28,35)(H,37,38)(H3,24,26,29,30,36);1-4,8,12,21H,5-7H2,(H,24,29)(H,27,28)(H,31,32)(H3,20,22,25,26,30);3-10H2,1-2H3;1-10H2;8H,1-2H2;1-2H;1-3H2;1H;1H3/i;;;;;1D;;;. The zero-order valence-electron chi connectivity index (χ0n) is 62.5. The molecule has 8 rings (SSSR count). The minimum Gasteiger partial charge on any atom is -0.481 e. The van der Waals surface area contributed by atoms with Crippen LogP contribution < -0.4 is 72.9 Å². The van der Waals surface area contributed by atoms with Crippen LogP contribution in [0.15, 0.2) is 70.5 Å². The van der Waals surface area contributed by atoms with E-state index in [2.05, 4.69) is 105 Å². The molecule has 0 aliphatic carbocycles. The number of benzene rings is 2. The number of aromatic nitrogens is 8. The molecule has 610 valence electrons. The van der Waals surface area contributed by atoms with E-state index in [-0.39, 0.29) is 121 Å². The van der Waals surface area contributed by atoms with Crippen LogP contribution in [0.5, 0.6) is 0 Å². The minimum atomic E-state index is -1.42. The van der Waals surface area contributed by atoms with Gasteiger partial charge in [0.05, 0.1) is 69.7 Å². The van der Waals surface area contributed by atoms with E-state index >= 15 is 0 Å². The summed E-state index contributed by atoms with van der Waals surface area (Å²) in [7, 11) is 0. The van der Waals surface area contributed by atoms with Gasteiger partial charge in [0, 0.05) is 100 Å². The van der Waals surface area contributed by atoms with Crippen molar-refractivity contribution in [2.24, 2.45) is 22.9 Å². The number of H-pyrrole nitrogens is 2. The summed E-state index contributed by atoms with van der Waals surface area (Å²) in [5, 5.41) is 46.9. The molecule has 2 saturated heterocycles. The number of nitrogens with one attached hydrogen (secondary N) is 7. The Morgan fingerprint density at radius 1 is 0.577 bits per heavy atom. The number of ether oxygens (including phenoxy) is 4. The first kappa shape index (κ1) is 97.4. The molecule has 0 bridgehead atoms. The smallest absolute Gasteiger partial charge is 0.333 e. The molecule has 0 radical (unpaired) electrons. The van der Waals surface area contributed by atoms with E-state index < -0.39 is 88.9 Å². The molecular weight excluding hydrogens is 1480 g/mol. The molecule has 0 spiro atoms. The number of carbonyl (C=O) groups excluding carboxylic acids is 7. The molecular formula is C67H100N22O21S. The number of aliphatic carboxylic acids is 3. The Balaban J connectivity index is 0.00000149. The molecule has 2 atom stereocenters. The lowest BCUT2D eigenvalue weighted by molar-refractivity contribution is -0.197. The number of anilines is 4. The molecule has 0 saturated carbocycles. The predicted molar refractivity (Wildman–Crippen MR) is 405 cm³/mol. The highest BCUT2D eigenvalue weighted by atomic mass is 32.1.